The van der Waals surface area contributed by atoms with E-state index in [4.69, 9.17) is 8.83 Å². The molecule has 0 saturated carbocycles. The number of benzene rings is 3. The standard InChI is InChI=1S/C21H16O2/c1-11-7-13(3)21-17(8-11)16-10-18-15(9-19(16)23-21)14-6-4-5-12(2)20(14)22-18/h4-10H,1-3H3. The van der Waals surface area contributed by atoms with Gasteiger partial charge in [0, 0.05) is 21.5 Å². The van der Waals surface area contributed by atoms with Crippen LogP contribution in [-0.4, -0.2) is 0 Å². The van der Waals surface area contributed by atoms with Gasteiger partial charge in [-0.15, -0.1) is 0 Å². The Morgan fingerprint density at radius 2 is 1.26 bits per heavy atom. The summed E-state index contributed by atoms with van der Waals surface area (Å²) in [6.07, 6.45) is 0. The molecule has 0 bridgehead atoms. The average Bonchev–Trinajstić information content (AvgIpc) is 3.05. The Kier molecular flexibility index (Phi) is 2.31. The number of hydrogen-bond donors (Lipinski definition) is 0. The molecule has 2 aromatic heterocycles. The van der Waals surface area contributed by atoms with Crippen LogP contribution in [0.15, 0.2) is 51.3 Å². The number of para-hydroxylation sites is 1. The molecule has 2 nitrogen and oxygen atoms in total. The quantitative estimate of drug-likeness (QED) is 0.330. The van der Waals surface area contributed by atoms with Gasteiger partial charge in [-0.3, -0.25) is 0 Å². The topological polar surface area (TPSA) is 26.3 Å². The zero-order valence-electron chi connectivity index (χ0n) is 13.4. The molecule has 3 aromatic carbocycles. The van der Waals surface area contributed by atoms with Gasteiger partial charge < -0.3 is 8.83 Å². The van der Waals surface area contributed by atoms with Crippen LogP contribution in [0.4, 0.5) is 0 Å². The van der Waals surface area contributed by atoms with E-state index < -0.39 is 0 Å². The van der Waals surface area contributed by atoms with Gasteiger partial charge in [0.1, 0.15) is 22.3 Å². The first-order valence-electron chi connectivity index (χ1n) is 7.87. The summed E-state index contributed by atoms with van der Waals surface area (Å²) in [4.78, 5) is 0. The lowest BCUT2D eigenvalue weighted by atomic mass is 10.0. The van der Waals surface area contributed by atoms with Crippen LogP contribution in [0.1, 0.15) is 16.7 Å². The molecule has 0 aliphatic rings. The third kappa shape index (κ3) is 1.63. The van der Waals surface area contributed by atoms with Crippen LogP contribution in [-0.2, 0) is 0 Å². The van der Waals surface area contributed by atoms with E-state index in [1.54, 1.807) is 0 Å². The fraction of sp³-hybridized carbons (Fsp3) is 0.143. The maximum atomic E-state index is 6.15. The minimum Gasteiger partial charge on any atom is -0.456 e. The fourth-order valence-electron chi connectivity index (χ4n) is 3.66. The molecule has 0 aliphatic heterocycles. The smallest absolute Gasteiger partial charge is 0.138 e. The zero-order chi connectivity index (χ0) is 15.7. The van der Waals surface area contributed by atoms with Crippen molar-refractivity contribution in [2.24, 2.45) is 0 Å². The molecule has 5 aromatic rings. The lowest BCUT2D eigenvalue weighted by molar-refractivity contribution is 0.661. The Morgan fingerprint density at radius 3 is 2.00 bits per heavy atom. The van der Waals surface area contributed by atoms with Crippen LogP contribution >= 0.6 is 0 Å². The highest BCUT2D eigenvalue weighted by atomic mass is 16.3. The van der Waals surface area contributed by atoms with Crippen molar-refractivity contribution in [3.8, 4) is 0 Å². The lowest BCUT2D eigenvalue weighted by Gasteiger charge is -1.97. The van der Waals surface area contributed by atoms with Gasteiger partial charge in [-0.05, 0) is 55.7 Å². The van der Waals surface area contributed by atoms with Crippen molar-refractivity contribution in [3.63, 3.8) is 0 Å². The maximum absolute atomic E-state index is 6.15. The van der Waals surface area contributed by atoms with E-state index in [1.807, 2.05) is 0 Å². The molecule has 5 rings (SSSR count). The number of furan rings is 2. The molecule has 0 N–H and O–H groups in total. The number of rotatable bonds is 0. The van der Waals surface area contributed by atoms with Gasteiger partial charge in [0.2, 0.25) is 0 Å². The summed E-state index contributed by atoms with van der Waals surface area (Å²) in [6.45, 7) is 6.30. The van der Waals surface area contributed by atoms with E-state index in [1.165, 1.54) is 11.1 Å². The zero-order valence-corrected chi connectivity index (χ0v) is 13.4. The second-order valence-corrected chi connectivity index (χ2v) is 6.46. The second-order valence-electron chi connectivity index (χ2n) is 6.46. The summed E-state index contributed by atoms with van der Waals surface area (Å²) in [6, 6.07) is 14.8. The summed E-state index contributed by atoms with van der Waals surface area (Å²) in [5, 5.41) is 4.55. The largest absolute Gasteiger partial charge is 0.456 e. The van der Waals surface area contributed by atoms with Crippen LogP contribution in [0.5, 0.6) is 0 Å². The average molecular weight is 300 g/mol. The van der Waals surface area contributed by atoms with E-state index in [-0.39, 0.29) is 0 Å². The number of fused-ring (bicyclic) bond motifs is 6. The Labute approximate surface area is 133 Å². The predicted molar refractivity (Wildman–Crippen MR) is 95.2 cm³/mol. The number of aryl methyl sites for hydroxylation is 3. The van der Waals surface area contributed by atoms with Crippen LogP contribution in [0, 0.1) is 20.8 Å². The van der Waals surface area contributed by atoms with E-state index in [9.17, 15) is 0 Å². The van der Waals surface area contributed by atoms with Crippen molar-refractivity contribution < 1.29 is 8.83 Å². The molecular weight excluding hydrogens is 284 g/mol. The molecule has 0 radical (unpaired) electrons. The third-order valence-electron chi connectivity index (χ3n) is 4.72. The molecule has 0 amide bonds. The molecule has 0 atom stereocenters. The molecule has 0 spiro atoms. The van der Waals surface area contributed by atoms with E-state index in [2.05, 4.69) is 63.2 Å². The molecule has 2 heterocycles. The second kappa shape index (κ2) is 4.17. The number of hydrogen-bond acceptors (Lipinski definition) is 2. The minimum absolute atomic E-state index is 0.920. The Bertz CT molecular complexity index is 1240. The van der Waals surface area contributed by atoms with Crippen LogP contribution in [0.2, 0.25) is 0 Å². The van der Waals surface area contributed by atoms with Crippen molar-refractivity contribution in [2.45, 2.75) is 20.8 Å². The van der Waals surface area contributed by atoms with Gasteiger partial charge in [0.05, 0.1) is 0 Å². The lowest BCUT2D eigenvalue weighted by Crippen LogP contribution is -1.77. The summed E-state index contributed by atoms with van der Waals surface area (Å²) < 4.78 is 12.3. The van der Waals surface area contributed by atoms with Crippen molar-refractivity contribution in [2.75, 3.05) is 0 Å². The highest BCUT2D eigenvalue weighted by Gasteiger charge is 2.15. The van der Waals surface area contributed by atoms with Gasteiger partial charge in [-0.25, -0.2) is 0 Å². The SMILES string of the molecule is Cc1cc(C)c2oc3cc4c(cc3c2c1)oc1c(C)cccc14. The third-order valence-corrected chi connectivity index (χ3v) is 4.72. The molecule has 0 unspecified atom stereocenters. The summed E-state index contributed by atoms with van der Waals surface area (Å²) in [5.74, 6) is 0. The Balaban J connectivity index is 2.01. The molecule has 0 fully saturated rings. The monoisotopic (exact) mass is 300 g/mol. The van der Waals surface area contributed by atoms with Crippen molar-refractivity contribution in [1.29, 1.82) is 0 Å². The normalized spacial score (nSPS) is 12.1. The summed E-state index contributed by atoms with van der Waals surface area (Å²) in [5.41, 5.74) is 7.36. The van der Waals surface area contributed by atoms with Gasteiger partial charge in [-0.1, -0.05) is 24.3 Å². The Morgan fingerprint density at radius 1 is 0.609 bits per heavy atom. The van der Waals surface area contributed by atoms with Crippen LogP contribution in [0.25, 0.3) is 43.9 Å². The van der Waals surface area contributed by atoms with Crippen LogP contribution < -0.4 is 0 Å². The first kappa shape index (κ1) is 12.8. The molecule has 0 aliphatic carbocycles. The molecule has 23 heavy (non-hydrogen) atoms. The fourth-order valence-corrected chi connectivity index (χ4v) is 3.66. The predicted octanol–water partition coefficient (Wildman–Crippen LogP) is 6.41. The van der Waals surface area contributed by atoms with E-state index in [0.29, 0.717) is 0 Å². The summed E-state index contributed by atoms with van der Waals surface area (Å²) >= 11 is 0. The van der Waals surface area contributed by atoms with Gasteiger partial charge in [0.25, 0.3) is 0 Å². The van der Waals surface area contributed by atoms with Crippen molar-refractivity contribution >= 4 is 43.9 Å². The molecular formula is C21H16O2. The Hall–Kier alpha value is -2.74. The minimum atomic E-state index is 0.920. The van der Waals surface area contributed by atoms with E-state index >= 15 is 0 Å². The van der Waals surface area contributed by atoms with Gasteiger partial charge >= 0.3 is 0 Å². The summed E-state index contributed by atoms with van der Waals surface area (Å²) in [7, 11) is 0. The first-order valence-corrected chi connectivity index (χ1v) is 7.87. The van der Waals surface area contributed by atoms with Crippen LogP contribution in [0.3, 0.4) is 0 Å². The maximum Gasteiger partial charge on any atom is 0.138 e. The highest BCUT2D eigenvalue weighted by molar-refractivity contribution is 6.15. The van der Waals surface area contributed by atoms with Crippen molar-refractivity contribution in [1.82, 2.24) is 0 Å². The molecule has 112 valence electrons. The van der Waals surface area contributed by atoms with Gasteiger partial charge in [0.15, 0.2) is 0 Å². The van der Waals surface area contributed by atoms with Gasteiger partial charge in [-0.2, -0.15) is 0 Å². The van der Waals surface area contributed by atoms with E-state index in [0.717, 1.165) is 49.4 Å². The van der Waals surface area contributed by atoms with Crippen molar-refractivity contribution in [3.05, 3.63) is 59.2 Å². The first-order chi connectivity index (χ1) is 11.1. The molecule has 0 saturated heterocycles. The highest BCUT2D eigenvalue weighted by Crippen LogP contribution is 2.38. The molecule has 2 heteroatoms.